The second-order valence-electron chi connectivity index (χ2n) is 7.46. The molecule has 0 fully saturated rings. The van der Waals surface area contributed by atoms with Gasteiger partial charge in [-0.1, -0.05) is 81.4 Å². The summed E-state index contributed by atoms with van der Waals surface area (Å²) in [5, 5.41) is 11.8. The maximum atomic E-state index is 9.16. The average molecular weight is 343 g/mol. The Morgan fingerprint density at radius 1 is 0.917 bits per heavy atom. The van der Waals surface area contributed by atoms with E-state index in [1.165, 1.54) is 10.4 Å². The van der Waals surface area contributed by atoms with Gasteiger partial charge in [-0.3, -0.25) is 0 Å². The first kappa shape index (κ1) is 18.9. The summed E-state index contributed by atoms with van der Waals surface area (Å²) in [6.07, 6.45) is 1.77. The van der Waals surface area contributed by atoms with Crippen LogP contribution in [-0.4, -0.2) is 26.1 Å². The van der Waals surface area contributed by atoms with Gasteiger partial charge in [0.05, 0.1) is 0 Å². The lowest BCUT2D eigenvalue weighted by Gasteiger charge is -2.44. The molecule has 24 heavy (non-hydrogen) atoms. The number of aliphatic hydroxyl groups is 1. The van der Waals surface area contributed by atoms with Crippen LogP contribution in [0.1, 0.15) is 40.5 Å². The van der Waals surface area contributed by atoms with Crippen molar-refractivity contribution in [3.8, 4) is 0 Å². The van der Waals surface area contributed by atoms with E-state index in [1.807, 2.05) is 0 Å². The van der Waals surface area contributed by atoms with Crippen molar-refractivity contribution < 1.29 is 9.53 Å². The van der Waals surface area contributed by atoms with Crippen molar-refractivity contribution in [2.24, 2.45) is 0 Å². The zero-order valence-electron chi connectivity index (χ0n) is 15.3. The first-order chi connectivity index (χ1) is 11.4. The predicted molar refractivity (Wildman–Crippen MR) is 104 cm³/mol. The molecule has 0 heterocycles. The second kappa shape index (κ2) is 8.10. The maximum Gasteiger partial charge on any atom is 0.261 e. The molecule has 2 nitrogen and oxygen atoms in total. The van der Waals surface area contributed by atoms with Gasteiger partial charge in [0.25, 0.3) is 8.32 Å². The molecule has 0 aliphatic carbocycles. The van der Waals surface area contributed by atoms with Crippen LogP contribution in [0.25, 0.3) is 0 Å². The van der Waals surface area contributed by atoms with Crippen molar-refractivity contribution in [3.63, 3.8) is 0 Å². The van der Waals surface area contributed by atoms with E-state index in [2.05, 4.69) is 88.4 Å². The summed E-state index contributed by atoms with van der Waals surface area (Å²) in [6.45, 7) is 9.22. The molecule has 0 aliphatic rings. The summed E-state index contributed by atoms with van der Waals surface area (Å²) < 4.78 is 6.90. The Labute approximate surface area is 147 Å². The van der Waals surface area contributed by atoms with Crippen molar-refractivity contribution >= 4 is 18.7 Å². The maximum absolute atomic E-state index is 9.16. The van der Waals surface area contributed by atoms with Crippen molar-refractivity contribution in [2.45, 2.75) is 51.7 Å². The summed E-state index contributed by atoms with van der Waals surface area (Å²) in [6, 6.07) is 21.4. The van der Waals surface area contributed by atoms with E-state index in [-0.39, 0.29) is 17.7 Å². The summed E-state index contributed by atoms with van der Waals surface area (Å²) in [7, 11) is -2.44. The Morgan fingerprint density at radius 2 is 1.38 bits per heavy atom. The first-order valence-electron chi connectivity index (χ1n) is 8.81. The highest BCUT2D eigenvalue weighted by molar-refractivity contribution is 6.99. The largest absolute Gasteiger partial charge is 0.405 e. The van der Waals surface area contributed by atoms with Crippen LogP contribution < -0.4 is 10.4 Å². The molecule has 1 N–H and O–H groups in total. The Bertz CT molecular complexity index is 565. The van der Waals surface area contributed by atoms with Crippen LogP contribution in [-0.2, 0) is 4.43 Å². The van der Waals surface area contributed by atoms with Gasteiger partial charge >= 0.3 is 0 Å². The molecule has 0 bridgehead atoms. The molecule has 3 heteroatoms. The molecule has 2 aromatic carbocycles. The van der Waals surface area contributed by atoms with Gasteiger partial charge in [-0.25, -0.2) is 0 Å². The monoisotopic (exact) mass is 342 g/mol. The molecule has 2 rings (SSSR count). The zero-order valence-corrected chi connectivity index (χ0v) is 16.3. The molecular weight excluding hydrogens is 312 g/mol. The van der Waals surface area contributed by atoms with Gasteiger partial charge in [0.2, 0.25) is 0 Å². The first-order valence-corrected chi connectivity index (χ1v) is 10.7. The minimum absolute atomic E-state index is 0.00316. The van der Waals surface area contributed by atoms with Crippen LogP contribution in [0.5, 0.6) is 0 Å². The van der Waals surface area contributed by atoms with Gasteiger partial charge < -0.3 is 9.53 Å². The lowest BCUT2D eigenvalue weighted by Crippen LogP contribution is -2.67. The van der Waals surface area contributed by atoms with Crippen LogP contribution in [0.15, 0.2) is 60.7 Å². The minimum atomic E-state index is -2.44. The number of rotatable bonds is 7. The van der Waals surface area contributed by atoms with Crippen LogP contribution in [0.3, 0.4) is 0 Å². The molecule has 2 aromatic rings. The predicted octanol–water partition coefficient (Wildman–Crippen LogP) is 3.72. The number of hydrogen-bond acceptors (Lipinski definition) is 2. The summed E-state index contributed by atoms with van der Waals surface area (Å²) in [4.78, 5) is 0. The van der Waals surface area contributed by atoms with Crippen molar-refractivity contribution in [3.05, 3.63) is 60.7 Å². The van der Waals surface area contributed by atoms with E-state index in [1.54, 1.807) is 0 Å². The molecule has 0 aliphatic heterocycles. The molecular formula is C21H30O2Si. The van der Waals surface area contributed by atoms with Crippen LogP contribution in [0, 0.1) is 0 Å². The summed E-state index contributed by atoms with van der Waals surface area (Å²) in [5.41, 5.74) is 0. The van der Waals surface area contributed by atoms with Crippen molar-refractivity contribution in [1.82, 2.24) is 0 Å². The van der Waals surface area contributed by atoms with Crippen LogP contribution in [0.4, 0.5) is 0 Å². The minimum Gasteiger partial charge on any atom is -0.405 e. The number of aliphatic hydroxyl groups excluding tert-OH is 1. The third kappa shape index (κ3) is 3.97. The molecule has 0 spiro atoms. The molecule has 0 radical (unpaired) electrons. The van der Waals surface area contributed by atoms with Crippen LogP contribution >= 0.6 is 0 Å². The lowest BCUT2D eigenvalue weighted by molar-refractivity contribution is 0.177. The average Bonchev–Trinajstić information content (AvgIpc) is 2.58. The molecule has 0 saturated carbocycles. The van der Waals surface area contributed by atoms with E-state index < -0.39 is 8.32 Å². The molecule has 0 unspecified atom stereocenters. The molecule has 0 saturated heterocycles. The molecule has 1 atom stereocenters. The molecule has 130 valence electrons. The Kier molecular flexibility index (Phi) is 6.38. The van der Waals surface area contributed by atoms with Gasteiger partial charge in [-0.2, -0.15) is 0 Å². The van der Waals surface area contributed by atoms with Gasteiger partial charge in [-0.15, -0.1) is 0 Å². The Hall–Kier alpha value is -1.42. The van der Waals surface area contributed by atoms with Gasteiger partial charge in [0.1, 0.15) is 0 Å². The van der Waals surface area contributed by atoms with Gasteiger partial charge in [0.15, 0.2) is 0 Å². The number of benzene rings is 2. The van der Waals surface area contributed by atoms with E-state index in [4.69, 9.17) is 9.53 Å². The van der Waals surface area contributed by atoms with E-state index in [0.29, 0.717) is 0 Å². The summed E-state index contributed by atoms with van der Waals surface area (Å²) >= 11 is 0. The highest BCUT2D eigenvalue weighted by Crippen LogP contribution is 2.37. The van der Waals surface area contributed by atoms with Gasteiger partial charge in [0, 0.05) is 12.7 Å². The molecule has 0 amide bonds. The Morgan fingerprint density at radius 3 is 1.75 bits per heavy atom. The zero-order chi connectivity index (χ0) is 17.6. The normalized spacial score (nSPS) is 13.7. The fourth-order valence-corrected chi connectivity index (χ4v) is 8.17. The van der Waals surface area contributed by atoms with E-state index in [9.17, 15) is 0 Å². The molecule has 0 aromatic heterocycles. The third-order valence-electron chi connectivity index (χ3n) is 4.56. The van der Waals surface area contributed by atoms with E-state index >= 15 is 0 Å². The lowest BCUT2D eigenvalue weighted by atomic mass is 10.2. The second-order valence-corrected chi connectivity index (χ2v) is 11.7. The third-order valence-corrected chi connectivity index (χ3v) is 9.72. The van der Waals surface area contributed by atoms with Crippen LogP contribution in [0.2, 0.25) is 5.04 Å². The smallest absolute Gasteiger partial charge is 0.261 e. The topological polar surface area (TPSA) is 29.5 Å². The summed E-state index contributed by atoms with van der Waals surface area (Å²) in [5.74, 6) is 0. The fourth-order valence-electron chi connectivity index (χ4n) is 3.43. The highest BCUT2D eigenvalue weighted by atomic mass is 28.4. The SMILES string of the molecule is C[C@H](CCCO)O[Si](c1ccccc1)(c1ccccc1)C(C)(C)C. The number of hydrogen-bond donors (Lipinski definition) is 1. The van der Waals surface area contributed by atoms with Crippen molar-refractivity contribution in [1.29, 1.82) is 0 Å². The Balaban J connectivity index is 2.57. The van der Waals surface area contributed by atoms with E-state index in [0.717, 1.165) is 12.8 Å². The van der Waals surface area contributed by atoms with Crippen molar-refractivity contribution in [2.75, 3.05) is 6.61 Å². The highest BCUT2D eigenvalue weighted by Gasteiger charge is 2.50. The quantitative estimate of drug-likeness (QED) is 0.777. The standard InChI is InChI=1S/C21H30O2Si/c1-18(12-11-17-22)23-24(21(2,3)4,19-13-7-5-8-14-19)20-15-9-6-10-16-20/h5-10,13-16,18,22H,11-12,17H2,1-4H3/t18-/m1/s1. The fraction of sp³-hybridized carbons (Fsp3) is 0.429. The van der Waals surface area contributed by atoms with Gasteiger partial charge in [-0.05, 0) is 35.2 Å².